The van der Waals surface area contributed by atoms with E-state index in [1.165, 1.54) is 25.5 Å². The van der Waals surface area contributed by atoms with Crippen molar-refractivity contribution in [1.82, 2.24) is 0 Å². The summed E-state index contributed by atoms with van der Waals surface area (Å²) >= 11 is 0. The van der Waals surface area contributed by atoms with Gasteiger partial charge in [-0.2, -0.15) is 0 Å². The first-order valence-corrected chi connectivity index (χ1v) is 6.47. The van der Waals surface area contributed by atoms with Gasteiger partial charge in [0.15, 0.2) is 0 Å². The maximum atomic E-state index is 10.8. The van der Waals surface area contributed by atoms with Gasteiger partial charge in [0, 0.05) is 12.3 Å². The lowest BCUT2D eigenvalue weighted by Gasteiger charge is -2.27. The molecule has 0 saturated heterocycles. The molecule has 1 unspecified atom stereocenters. The summed E-state index contributed by atoms with van der Waals surface area (Å²) in [6.45, 7) is 0. The van der Waals surface area contributed by atoms with Crippen molar-refractivity contribution in [2.45, 2.75) is 31.7 Å². The molecule has 4 heteroatoms. The zero-order valence-electron chi connectivity index (χ0n) is 7.49. The summed E-state index contributed by atoms with van der Waals surface area (Å²) in [6, 6.07) is -0.148. The Balaban J connectivity index is 2.23. The van der Waals surface area contributed by atoms with Crippen LogP contribution in [0.4, 0.5) is 0 Å². The molecule has 3 nitrogen and oxygen atoms in total. The fraction of sp³-hybridized carbons (Fsp3) is 1.00. The van der Waals surface area contributed by atoms with Crippen LogP contribution in [-0.4, -0.2) is 26.5 Å². The second-order valence-corrected chi connectivity index (χ2v) is 6.07. The fourth-order valence-corrected chi connectivity index (χ4v) is 2.53. The van der Waals surface area contributed by atoms with Gasteiger partial charge in [-0.15, -0.1) is 0 Å². The predicted molar refractivity (Wildman–Crippen MR) is 49.6 cm³/mol. The Kier molecular flexibility index (Phi) is 3.12. The third-order valence-corrected chi connectivity index (χ3v) is 3.41. The highest BCUT2D eigenvalue weighted by Crippen LogP contribution is 2.30. The number of hydrogen-bond acceptors (Lipinski definition) is 3. The van der Waals surface area contributed by atoms with Crippen molar-refractivity contribution in [3.8, 4) is 0 Å². The van der Waals surface area contributed by atoms with E-state index < -0.39 is 9.84 Å². The molecule has 0 heterocycles. The van der Waals surface area contributed by atoms with Gasteiger partial charge in [0.05, 0.1) is 5.75 Å². The summed E-state index contributed by atoms with van der Waals surface area (Å²) in [5, 5.41) is 0. The van der Waals surface area contributed by atoms with Crippen molar-refractivity contribution >= 4 is 9.84 Å². The van der Waals surface area contributed by atoms with Crippen LogP contribution in [0.25, 0.3) is 0 Å². The van der Waals surface area contributed by atoms with E-state index in [0.717, 1.165) is 6.42 Å². The summed E-state index contributed by atoms with van der Waals surface area (Å²) in [5.41, 5.74) is 5.69. The first kappa shape index (κ1) is 9.99. The molecule has 2 N–H and O–H groups in total. The topological polar surface area (TPSA) is 60.2 Å². The van der Waals surface area contributed by atoms with Crippen LogP contribution in [0.1, 0.15) is 25.7 Å². The number of nitrogens with two attached hydrogens (primary N) is 1. The van der Waals surface area contributed by atoms with E-state index in [-0.39, 0.29) is 11.8 Å². The Morgan fingerprint density at radius 2 is 2.08 bits per heavy atom. The standard InChI is InChI=1S/C8H17NO2S/c1-12(10,11)6-8(9)5-7-3-2-4-7/h7-8H,2-6,9H2,1H3. The minimum absolute atomic E-state index is 0.142. The van der Waals surface area contributed by atoms with Crippen molar-refractivity contribution in [1.29, 1.82) is 0 Å². The largest absolute Gasteiger partial charge is 0.327 e. The Hall–Kier alpha value is -0.0900. The highest BCUT2D eigenvalue weighted by atomic mass is 32.2. The fourth-order valence-electron chi connectivity index (χ4n) is 1.61. The minimum Gasteiger partial charge on any atom is -0.327 e. The molecule has 72 valence electrons. The number of hydrogen-bond donors (Lipinski definition) is 1. The molecule has 1 rings (SSSR count). The summed E-state index contributed by atoms with van der Waals surface area (Å²) in [6.07, 6.45) is 5.88. The van der Waals surface area contributed by atoms with Crippen LogP contribution < -0.4 is 5.73 Å². The van der Waals surface area contributed by atoms with Crippen molar-refractivity contribution < 1.29 is 8.42 Å². The van der Waals surface area contributed by atoms with Crippen molar-refractivity contribution in [2.24, 2.45) is 11.7 Å². The van der Waals surface area contributed by atoms with Crippen LogP contribution in [0.2, 0.25) is 0 Å². The van der Waals surface area contributed by atoms with Crippen LogP contribution >= 0.6 is 0 Å². The minimum atomic E-state index is -2.88. The maximum Gasteiger partial charge on any atom is 0.148 e. The maximum absolute atomic E-state index is 10.8. The van der Waals surface area contributed by atoms with E-state index >= 15 is 0 Å². The Morgan fingerprint density at radius 1 is 1.50 bits per heavy atom. The van der Waals surface area contributed by atoms with Gasteiger partial charge in [0.2, 0.25) is 0 Å². The zero-order valence-corrected chi connectivity index (χ0v) is 8.31. The predicted octanol–water partition coefficient (Wildman–Crippen LogP) is 0.548. The molecule has 0 aromatic carbocycles. The molecule has 12 heavy (non-hydrogen) atoms. The van der Waals surface area contributed by atoms with E-state index in [0.29, 0.717) is 5.92 Å². The quantitative estimate of drug-likeness (QED) is 0.706. The molecule has 1 aliphatic carbocycles. The molecule has 0 amide bonds. The molecule has 0 aliphatic heterocycles. The van der Waals surface area contributed by atoms with Crippen molar-refractivity contribution in [3.63, 3.8) is 0 Å². The van der Waals surface area contributed by atoms with Crippen LogP contribution in [0, 0.1) is 5.92 Å². The van der Waals surface area contributed by atoms with E-state index in [2.05, 4.69) is 0 Å². The molecule has 1 atom stereocenters. The SMILES string of the molecule is CS(=O)(=O)CC(N)CC1CCC1. The van der Waals surface area contributed by atoms with Crippen LogP contribution in [0.15, 0.2) is 0 Å². The highest BCUT2D eigenvalue weighted by Gasteiger charge is 2.21. The van der Waals surface area contributed by atoms with Crippen LogP contribution in [0.5, 0.6) is 0 Å². The Morgan fingerprint density at radius 3 is 2.42 bits per heavy atom. The summed E-state index contributed by atoms with van der Waals surface area (Å²) < 4.78 is 21.7. The molecule has 0 aromatic heterocycles. The van der Waals surface area contributed by atoms with Gasteiger partial charge in [-0.3, -0.25) is 0 Å². The van der Waals surface area contributed by atoms with E-state index in [4.69, 9.17) is 5.73 Å². The number of sulfone groups is 1. The molecule has 1 fully saturated rings. The smallest absolute Gasteiger partial charge is 0.148 e. The molecule has 1 saturated carbocycles. The van der Waals surface area contributed by atoms with Crippen LogP contribution in [0.3, 0.4) is 0 Å². The van der Waals surface area contributed by atoms with Crippen LogP contribution in [-0.2, 0) is 9.84 Å². The lowest BCUT2D eigenvalue weighted by molar-refractivity contribution is 0.281. The zero-order chi connectivity index (χ0) is 9.19. The summed E-state index contributed by atoms with van der Waals surface area (Å²) in [5.74, 6) is 0.838. The lowest BCUT2D eigenvalue weighted by atomic mass is 9.81. The molecular formula is C8H17NO2S. The molecule has 0 aromatic rings. The first-order valence-electron chi connectivity index (χ1n) is 4.40. The molecule has 0 spiro atoms. The highest BCUT2D eigenvalue weighted by molar-refractivity contribution is 7.90. The van der Waals surface area contributed by atoms with Gasteiger partial charge < -0.3 is 5.73 Å². The second kappa shape index (κ2) is 3.75. The van der Waals surface area contributed by atoms with Gasteiger partial charge >= 0.3 is 0 Å². The Labute approximate surface area is 74.3 Å². The third-order valence-electron chi connectivity index (χ3n) is 2.38. The average molecular weight is 191 g/mol. The summed E-state index contributed by atoms with van der Waals surface area (Å²) in [4.78, 5) is 0. The van der Waals surface area contributed by atoms with E-state index in [1.54, 1.807) is 0 Å². The Bertz CT molecular complexity index is 231. The molecule has 0 radical (unpaired) electrons. The molecule has 1 aliphatic rings. The van der Waals surface area contributed by atoms with Crippen molar-refractivity contribution in [2.75, 3.05) is 12.0 Å². The van der Waals surface area contributed by atoms with Gasteiger partial charge in [-0.1, -0.05) is 19.3 Å². The van der Waals surface area contributed by atoms with Crippen molar-refractivity contribution in [3.05, 3.63) is 0 Å². The second-order valence-electron chi connectivity index (χ2n) is 3.89. The average Bonchev–Trinajstić information content (AvgIpc) is 1.74. The van der Waals surface area contributed by atoms with Gasteiger partial charge in [-0.25, -0.2) is 8.42 Å². The third kappa shape index (κ3) is 3.54. The first-order chi connectivity index (χ1) is 5.47. The van der Waals surface area contributed by atoms with E-state index in [1.807, 2.05) is 0 Å². The normalized spacial score (nSPS) is 21.8. The number of rotatable bonds is 4. The van der Waals surface area contributed by atoms with Gasteiger partial charge in [0.1, 0.15) is 9.84 Å². The van der Waals surface area contributed by atoms with Gasteiger partial charge in [0.25, 0.3) is 0 Å². The molecule has 0 bridgehead atoms. The van der Waals surface area contributed by atoms with Gasteiger partial charge in [-0.05, 0) is 12.3 Å². The molecular weight excluding hydrogens is 174 g/mol. The lowest BCUT2D eigenvalue weighted by Crippen LogP contribution is -2.32. The monoisotopic (exact) mass is 191 g/mol. The van der Waals surface area contributed by atoms with E-state index in [9.17, 15) is 8.42 Å². The summed E-state index contributed by atoms with van der Waals surface area (Å²) in [7, 11) is -2.88.